The Morgan fingerprint density at radius 1 is 1.33 bits per heavy atom. The number of thioether (sulfide) groups is 1. The molecule has 0 heterocycles. The van der Waals surface area contributed by atoms with Crippen LogP contribution in [0, 0.1) is 5.53 Å². The number of carbonyl (C=O) groups excluding carboxylic acids is 3. The number of methoxy groups -OCH3 is 1. The van der Waals surface area contributed by atoms with Crippen molar-refractivity contribution in [2.24, 2.45) is 0 Å². The van der Waals surface area contributed by atoms with Gasteiger partial charge in [-0.1, -0.05) is 25.6 Å². The minimum Gasteiger partial charge on any atom is -0.372 e. The molecule has 0 bridgehead atoms. The third-order valence-electron chi connectivity index (χ3n) is 2.56. The first-order valence-electron chi connectivity index (χ1n) is 6.58. The summed E-state index contributed by atoms with van der Waals surface area (Å²) in [7, 11) is 1.40. The summed E-state index contributed by atoms with van der Waals surface area (Å²) in [4.78, 5) is 38.1. The van der Waals surface area contributed by atoms with Gasteiger partial charge in [-0.05, 0) is 13.3 Å². The first-order valence-corrected chi connectivity index (χ1v) is 7.46. The van der Waals surface area contributed by atoms with Crippen LogP contribution >= 0.6 is 11.8 Å². The molecule has 0 spiro atoms. The molecule has 2 N–H and O–H groups in total. The molecule has 0 radical (unpaired) electrons. The fourth-order valence-corrected chi connectivity index (χ4v) is 2.19. The van der Waals surface area contributed by atoms with Gasteiger partial charge >= 0.3 is 6.21 Å². The summed E-state index contributed by atoms with van der Waals surface area (Å²) in [6.45, 7) is 5.32. The van der Waals surface area contributed by atoms with E-state index in [2.05, 4.69) is 10.1 Å². The zero-order valence-corrected chi connectivity index (χ0v) is 13.5. The standard InChI is InChI=1S/C13H21N3O4S/c1-8(2)21-13(19)11(6-5-10(17)7-15-14)16-12(18)9(3)20-4/h7-9,11,14H,5-6H2,1-4H3/p+1/t9-,11-/m0/s1. The lowest BCUT2D eigenvalue weighted by Gasteiger charge is -2.19. The third-order valence-corrected chi connectivity index (χ3v) is 3.55. The van der Waals surface area contributed by atoms with Crippen molar-refractivity contribution in [3.05, 3.63) is 0 Å². The number of hydrogen-bond donors (Lipinski definition) is 2. The topological polar surface area (TPSA) is 110 Å². The molecule has 0 rings (SSSR count). The van der Waals surface area contributed by atoms with Gasteiger partial charge < -0.3 is 10.1 Å². The zero-order valence-electron chi connectivity index (χ0n) is 12.7. The molecule has 0 aliphatic carbocycles. The van der Waals surface area contributed by atoms with Crippen LogP contribution in [-0.2, 0) is 19.1 Å². The van der Waals surface area contributed by atoms with Gasteiger partial charge in [0.1, 0.15) is 6.10 Å². The molecule has 118 valence electrons. The lowest BCUT2D eigenvalue weighted by Crippen LogP contribution is -2.45. The Hall–Kier alpha value is -1.50. The molecular weight excluding hydrogens is 294 g/mol. The van der Waals surface area contributed by atoms with Crippen LogP contribution in [0.4, 0.5) is 0 Å². The van der Waals surface area contributed by atoms with Crippen molar-refractivity contribution in [3.8, 4) is 0 Å². The van der Waals surface area contributed by atoms with Gasteiger partial charge in [-0.2, -0.15) is 0 Å². The van der Waals surface area contributed by atoms with Crippen LogP contribution in [0.5, 0.6) is 0 Å². The summed E-state index contributed by atoms with van der Waals surface area (Å²) in [5, 5.41) is 2.48. The Kier molecular flexibility index (Phi) is 9.53. The molecule has 8 heteroatoms. The van der Waals surface area contributed by atoms with Gasteiger partial charge in [-0.3, -0.25) is 14.4 Å². The van der Waals surface area contributed by atoms with Gasteiger partial charge in [0.15, 0.2) is 0 Å². The molecule has 7 nitrogen and oxygen atoms in total. The van der Waals surface area contributed by atoms with Gasteiger partial charge in [0.05, 0.1) is 16.4 Å². The molecule has 0 aromatic rings. The van der Waals surface area contributed by atoms with E-state index in [1.54, 1.807) is 6.92 Å². The molecule has 0 aliphatic heterocycles. The van der Waals surface area contributed by atoms with Crippen LogP contribution in [0.2, 0.25) is 0 Å². The van der Waals surface area contributed by atoms with Gasteiger partial charge in [0.2, 0.25) is 16.8 Å². The largest absolute Gasteiger partial charge is 0.372 e. The maximum absolute atomic E-state index is 12.1. The van der Waals surface area contributed by atoms with Crippen molar-refractivity contribution in [3.63, 3.8) is 0 Å². The van der Waals surface area contributed by atoms with Crippen molar-refractivity contribution < 1.29 is 23.9 Å². The average Bonchev–Trinajstić information content (AvgIpc) is 2.41. The molecule has 21 heavy (non-hydrogen) atoms. The normalized spacial score (nSPS) is 13.2. The summed E-state index contributed by atoms with van der Waals surface area (Å²) in [5.41, 5.74) is 6.58. The molecule has 0 saturated heterocycles. The molecule has 1 amide bonds. The number of carbonyl (C=O) groups is 3. The molecule has 2 atom stereocenters. The molecule has 0 fully saturated rings. The summed E-state index contributed by atoms with van der Waals surface area (Å²) >= 11 is 1.11. The number of nitrogens with one attached hydrogen (secondary N) is 2. The molecular formula is C13H22N3O4S+. The van der Waals surface area contributed by atoms with E-state index < -0.39 is 18.1 Å². The van der Waals surface area contributed by atoms with E-state index in [1.165, 1.54) is 7.11 Å². The van der Waals surface area contributed by atoms with Crippen LogP contribution in [0.25, 0.3) is 0 Å². The fourth-order valence-electron chi connectivity index (χ4n) is 1.38. The Labute approximate surface area is 128 Å². The molecule has 0 aromatic heterocycles. The lowest BCUT2D eigenvalue weighted by atomic mass is 10.1. The molecule has 0 saturated carbocycles. The Morgan fingerprint density at radius 2 is 1.95 bits per heavy atom. The number of amides is 1. The van der Waals surface area contributed by atoms with Gasteiger partial charge in [-0.15, -0.1) is 0 Å². The summed E-state index contributed by atoms with van der Waals surface area (Å²) < 4.78 is 4.89. The smallest absolute Gasteiger partial charge is 0.372 e. The second-order valence-electron chi connectivity index (χ2n) is 4.69. The summed E-state index contributed by atoms with van der Waals surface area (Å²) in [6, 6.07) is -0.759. The van der Waals surface area contributed by atoms with Crippen molar-refractivity contribution in [2.75, 3.05) is 7.11 Å². The monoisotopic (exact) mass is 316 g/mol. The Bertz CT molecular complexity index is 433. The van der Waals surface area contributed by atoms with E-state index in [1.807, 2.05) is 13.8 Å². The lowest BCUT2D eigenvalue weighted by molar-refractivity contribution is -0.133. The van der Waals surface area contributed by atoms with Gasteiger partial charge in [0.25, 0.3) is 0 Å². The first-order chi connectivity index (χ1) is 9.81. The van der Waals surface area contributed by atoms with E-state index in [0.717, 1.165) is 18.0 Å². The van der Waals surface area contributed by atoms with Gasteiger partial charge in [-0.25, -0.2) is 0 Å². The third kappa shape index (κ3) is 8.39. The highest BCUT2D eigenvalue weighted by molar-refractivity contribution is 8.14. The number of ether oxygens (including phenoxy) is 1. The second-order valence-corrected chi connectivity index (χ2v) is 6.27. The van der Waals surface area contributed by atoms with E-state index in [0.29, 0.717) is 0 Å². The van der Waals surface area contributed by atoms with E-state index in [9.17, 15) is 14.4 Å². The average molecular weight is 316 g/mol. The number of nitrogens with zero attached hydrogens (tertiary/aromatic N) is 1. The van der Waals surface area contributed by atoms with E-state index in [4.69, 9.17) is 10.3 Å². The quantitative estimate of drug-likeness (QED) is 0.372. The summed E-state index contributed by atoms with van der Waals surface area (Å²) in [5.74, 6) is -0.756. The highest BCUT2D eigenvalue weighted by atomic mass is 32.2. The van der Waals surface area contributed by atoms with Crippen molar-refractivity contribution >= 4 is 34.8 Å². The maximum Gasteiger partial charge on any atom is 0.372 e. The van der Waals surface area contributed by atoms with Crippen molar-refractivity contribution in [1.82, 2.24) is 5.32 Å². The predicted molar refractivity (Wildman–Crippen MR) is 79.4 cm³/mol. The van der Waals surface area contributed by atoms with Crippen LogP contribution < -0.4 is 5.32 Å². The first kappa shape index (κ1) is 19.5. The number of hydrogen-bond acceptors (Lipinski definition) is 6. The molecule has 0 aliphatic rings. The second kappa shape index (κ2) is 10.3. The maximum atomic E-state index is 12.1. The molecule has 0 unspecified atom stereocenters. The van der Waals surface area contributed by atoms with Crippen LogP contribution in [0.1, 0.15) is 33.6 Å². The number of rotatable bonds is 9. The van der Waals surface area contributed by atoms with Crippen molar-refractivity contribution in [1.29, 1.82) is 5.53 Å². The SMILES string of the molecule is CO[C@@H](C)C(=O)N[C@@H](CCC(=O)C=[N+]=N)C(=O)SC(C)C. The van der Waals surface area contributed by atoms with E-state index >= 15 is 0 Å². The Morgan fingerprint density at radius 3 is 2.43 bits per heavy atom. The van der Waals surface area contributed by atoms with Crippen LogP contribution in [0.3, 0.4) is 0 Å². The van der Waals surface area contributed by atoms with Crippen LogP contribution in [-0.4, -0.2) is 52.3 Å². The summed E-state index contributed by atoms with van der Waals surface area (Å²) in [6.07, 6.45) is 0.427. The predicted octanol–water partition coefficient (Wildman–Crippen LogP) is 0.834. The fraction of sp³-hybridized carbons (Fsp3) is 0.692. The molecule has 0 aromatic carbocycles. The highest BCUT2D eigenvalue weighted by Crippen LogP contribution is 2.16. The van der Waals surface area contributed by atoms with Crippen LogP contribution in [0.15, 0.2) is 0 Å². The zero-order chi connectivity index (χ0) is 16.4. The minimum absolute atomic E-state index is 0.0408. The van der Waals surface area contributed by atoms with E-state index in [-0.39, 0.29) is 29.0 Å². The van der Waals surface area contributed by atoms with Crippen molar-refractivity contribution in [2.45, 2.75) is 51.0 Å². The number of Topliss-reactive ketones (excluding diaryl/α,β-unsaturated/α-hetero) is 1. The minimum atomic E-state index is -0.759. The number of ketones is 1. The Balaban J connectivity index is 4.75. The highest BCUT2D eigenvalue weighted by Gasteiger charge is 2.25. The van der Waals surface area contributed by atoms with Gasteiger partial charge in [0, 0.05) is 18.8 Å².